The number of carbonyl (C=O) groups is 2. The first kappa shape index (κ1) is 19.5. The Hall–Kier alpha value is -0.860. The average Bonchev–Trinajstić information content (AvgIpc) is 2.97. The van der Waals surface area contributed by atoms with Gasteiger partial charge in [0.25, 0.3) is 0 Å². The molecule has 0 amide bonds. The van der Waals surface area contributed by atoms with Crippen molar-refractivity contribution in [2.75, 3.05) is 0 Å². The van der Waals surface area contributed by atoms with Crippen LogP contribution in [0.5, 0.6) is 0 Å². The number of carbonyl (C=O) groups excluding carboxylic acids is 1. The molecule has 0 aromatic carbocycles. The number of carboxylic acid groups (broad SMARTS) is 1. The van der Waals surface area contributed by atoms with Crippen molar-refractivity contribution in [3.63, 3.8) is 0 Å². The van der Waals surface area contributed by atoms with Crippen LogP contribution < -0.4 is 0 Å². The zero-order chi connectivity index (χ0) is 19.4. The molecular weight excluding hydrogens is 336 g/mol. The molecule has 4 saturated carbocycles. The van der Waals surface area contributed by atoms with Gasteiger partial charge in [0.05, 0.1) is 0 Å². The minimum Gasteiger partial charge on any atom is -0.481 e. The van der Waals surface area contributed by atoms with Gasteiger partial charge < -0.3 is 5.11 Å². The van der Waals surface area contributed by atoms with Gasteiger partial charge in [-0.25, -0.2) is 0 Å². The van der Waals surface area contributed by atoms with Gasteiger partial charge in [0.2, 0.25) is 0 Å². The van der Waals surface area contributed by atoms with Gasteiger partial charge in [0, 0.05) is 18.8 Å². The molecule has 0 spiro atoms. The Kier molecular flexibility index (Phi) is 4.96. The summed E-state index contributed by atoms with van der Waals surface area (Å²) in [6, 6.07) is 0. The molecule has 0 bridgehead atoms. The van der Waals surface area contributed by atoms with Crippen molar-refractivity contribution in [2.45, 2.75) is 91.4 Å². The standard InChI is InChI=1S/C24H38O3/c1-15(7-10-22(26)27)17-8-9-18-16-14-21(25)20-6-4-5-12-23(20,2)19(16)11-13-24(17,18)3/h15-20H,4-14H2,1-3H3,(H,26,27)/t15-,16+,17-,18+,19+,20+,23-,24-/m1/s1. The summed E-state index contributed by atoms with van der Waals surface area (Å²) in [6.45, 7) is 7.22. The number of hydrogen-bond donors (Lipinski definition) is 1. The molecule has 152 valence electrons. The van der Waals surface area contributed by atoms with E-state index >= 15 is 0 Å². The molecular formula is C24H38O3. The van der Waals surface area contributed by atoms with Crippen LogP contribution in [-0.2, 0) is 9.59 Å². The van der Waals surface area contributed by atoms with E-state index in [2.05, 4.69) is 20.8 Å². The summed E-state index contributed by atoms with van der Waals surface area (Å²) in [5.41, 5.74) is 0.573. The second-order valence-corrected chi connectivity index (χ2v) is 11.0. The van der Waals surface area contributed by atoms with Crippen LogP contribution in [0.2, 0.25) is 0 Å². The molecule has 8 atom stereocenters. The van der Waals surface area contributed by atoms with Crippen molar-refractivity contribution in [2.24, 2.45) is 46.3 Å². The minimum atomic E-state index is -0.667. The number of Topliss-reactive ketones (excluding diaryl/α,β-unsaturated/α-hetero) is 1. The first-order chi connectivity index (χ1) is 12.8. The van der Waals surface area contributed by atoms with Crippen molar-refractivity contribution in [1.29, 1.82) is 0 Å². The lowest BCUT2D eigenvalue weighted by Crippen LogP contribution is -2.56. The fourth-order valence-electron chi connectivity index (χ4n) is 8.62. The molecule has 4 aliphatic rings. The first-order valence-corrected chi connectivity index (χ1v) is 11.5. The Morgan fingerprint density at radius 2 is 1.81 bits per heavy atom. The summed E-state index contributed by atoms with van der Waals surface area (Å²) < 4.78 is 0. The van der Waals surface area contributed by atoms with E-state index in [0.717, 1.165) is 25.2 Å². The summed E-state index contributed by atoms with van der Waals surface area (Å²) in [5, 5.41) is 9.09. The van der Waals surface area contributed by atoms with Crippen LogP contribution in [0.15, 0.2) is 0 Å². The number of hydrogen-bond acceptors (Lipinski definition) is 2. The quantitative estimate of drug-likeness (QED) is 0.685. The molecule has 0 aromatic heterocycles. The minimum absolute atomic E-state index is 0.257. The molecule has 3 heteroatoms. The molecule has 4 aliphatic carbocycles. The van der Waals surface area contributed by atoms with Crippen LogP contribution >= 0.6 is 0 Å². The number of fused-ring (bicyclic) bond motifs is 5. The second-order valence-electron chi connectivity index (χ2n) is 11.0. The molecule has 27 heavy (non-hydrogen) atoms. The third kappa shape index (κ3) is 2.99. The maximum atomic E-state index is 13.1. The monoisotopic (exact) mass is 374 g/mol. The van der Waals surface area contributed by atoms with Crippen molar-refractivity contribution >= 4 is 11.8 Å². The van der Waals surface area contributed by atoms with Crippen molar-refractivity contribution in [3.05, 3.63) is 0 Å². The molecule has 0 radical (unpaired) electrons. The predicted molar refractivity (Wildman–Crippen MR) is 106 cm³/mol. The van der Waals surface area contributed by atoms with Crippen LogP contribution in [0, 0.1) is 46.3 Å². The molecule has 0 aliphatic heterocycles. The van der Waals surface area contributed by atoms with Gasteiger partial charge in [-0.15, -0.1) is 0 Å². The number of aliphatic carboxylic acids is 1. The largest absolute Gasteiger partial charge is 0.481 e. The van der Waals surface area contributed by atoms with E-state index < -0.39 is 5.97 Å². The lowest BCUT2D eigenvalue weighted by Gasteiger charge is -2.60. The van der Waals surface area contributed by atoms with Gasteiger partial charge in [-0.1, -0.05) is 33.6 Å². The highest BCUT2D eigenvalue weighted by Crippen LogP contribution is 2.67. The summed E-state index contributed by atoms with van der Waals surface area (Å²) in [5.74, 6) is 3.36. The van der Waals surface area contributed by atoms with Crippen LogP contribution in [0.1, 0.15) is 91.4 Å². The fourth-order valence-corrected chi connectivity index (χ4v) is 8.62. The summed E-state index contributed by atoms with van der Waals surface area (Å²) >= 11 is 0. The number of carboxylic acids is 1. The Morgan fingerprint density at radius 3 is 2.56 bits per heavy atom. The topological polar surface area (TPSA) is 54.4 Å². The molecule has 4 rings (SSSR count). The Labute approximate surface area is 164 Å². The van der Waals surface area contributed by atoms with Crippen LogP contribution in [0.25, 0.3) is 0 Å². The number of ketones is 1. The Balaban J connectivity index is 1.56. The predicted octanol–water partition coefficient (Wildman–Crippen LogP) is 5.72. The highest BCUT2D eigenvalue weighted by molar-refractivity contribution is 5.83. The highest BCUT2D eigenvalue weighted by Gasteiger charge is 2.61. The fraction of sp³-hybridized carbons (Fsp3) is 0.917. The molecule has 1 N–H and O–H groups in total. The molecule has 0 heterocycles. The van der Waals surface area contributed by atoms with Crippen LogP contribution in [-0.4, -0.2) is 16.9 Å². The van der Waals surface area contributed by atoms with Crippen molar-refractivity contribution < 1.29 is 14.7 Å². The Bertz CT molecular complexity index is 613. The van der Waals surface area contributed by atoms with Crippen LogP contribution in [0.3, 0.4) is 0 Å². The van der Waals surface area contributed by atoms with Crippen molar-refractivity contribution in [1.82, 2.24) is 0 Å². The zero-order valence-corrected chi connectivity index (χ0v) is 17.5. The van der Waals surface area contributed by atoms with Gasteiger partial charge in [0.1, 0.15) is 5.78 Å². The summed E-state index contributed by atoms with van der Waals surface area (Å²) in [7, 11) is 0. The first-order valence-electron chi connectivity index (χ1n) is 11.5. The average molecular weight is 375 g/mol. The van der Waals surface area contributed by atoms with Gasteiger partial charge in [-0.3, -0.25) is 9.59 Å². The van der Waals surface area contributed by atoms with Gasteiger partial charge >= 0.3 is 5.97 Å². The normalized spacial score (nSPS) is 47.7. The molecule has 0 aromatic rings. The van der Waals surface area contributed by atoms with Crippen LogP contribution in [0.4, 0.5) is 0 Å². The molecule has 3 nitrogen and oxygen atoms in total. The lowest BCUT2D eigenvalue weighted by molar-refractivity contribution is -0.154. The number of rotatable bonds is 4. The van der Waals surface area contributed by atoms with Gasteiger partial charge in [-0.05, 0) is 85.4 Å². The Morgan fingerprint density at radius 1 is 1.07 bits per heavy atom. The van der Waals surface area contributed by atoms with E-state index in [-0.39, 0.29) is 5.41 Å². The lowest BCUT2D eigenvalue weighted by atomic mass is 9.44. The third-order valence-electron chi connectivity index (χ3n) is 9.94. The van der Waals surface area contributed by atoms with E-state index in [9.17, 15) is 9.59 Å². The SMILES string of the molecule is C[C@H](CCC(=O)O)[C@H]1CC[C@H]2[C@@H]3CC(=O)[C@@H]4CCCC[C@]4(C)[C@H]3CC[C@]12C. The molecule has 0 unspecified atom stereocenters. The van der Waals surface area contributed by atoms with E-state index in [1.54, 1.807) is 0 Å². The van der Waals surface area contributed by atoms with E-state index in [1.165, 1.54) is 44.9 Å². The maximum absolute atomic E-state index is 13.1. The summed E-state index contributed by atoms with van der Waals surface area (Å²) in [4.78, 5) is 24.1. The maximum Gasteiger partial charge on any atom is 0.303 e. The van der Waals surface area contributed by atoms with E-state index in [1.807, 2.05) is 0 Å². The van der Waals surface area contributed by atoms with Gasteiger partial charge in [-0.2, -0.15) is 0 Å². The van der Waals surface area contributed by atoms with Gasteiger partial charge in [0.15, 0.2) is 0 Å². The smallest absolute Gasteiger partial charge is 0.303 e. The zero-order valence-electron chi connectivity index (χ0n) is 17.5. The molecule has 0 saturated heterocycles. The second kappa shape index (κ2) is 6.88. The highest BCUT2D eigenvalue weighted by atomic mass is 16.4. The molecule has 4 fully saturated rings. The van der Waals surface area contributed by atoms with E-state index in [0.29, 0.717) is 47.2 Å². The third-order valence-corrected chi connectivity index (χ3v) is 9.94. The van der Waals surface area contributed by atoms with E-state index in [4.69, 9.17) is 5.11 Å². The summed E-state index contributed by atoms with van der Waals surface area (Å²) in [6.07, 6.45) is 11.9. The van der Waals surface area contributed by atoms with Crippen molar-refractivity contribution in [3.8, 4) is 0 Å².